The van der Waals surface area contributed by atoms with Crippen LogP contribution >= 0.6 is 15.9 Å². The summed E-state index contributed by atoms with van der Waals surface area (Å²) in [4.78, 5) is 4.28. The predicted octanol–water partition coefficient (Wildman–Crippen LogP) is 2.60. The molecule has 1 aromatic heterocycles. The van der Waals surface area contributed by atoms with Crippen LogP contribution in [-0.2, 0) is 4.74 Å². The van der Waals surface area contributed by atoms with Gasteiger partial charge in [-0.25, -0.2) is 4.98 Å². The van der Waals surface area contributed by atoms with Crippen molar-refractivity contribution in [2.75, 3.05) is 25.6 Å². The average molecular weight is 259 g/mol. The second-order valence-corrected chi connectivity index (χ2v) is 3.97. The second-order valence-electron chi connectivity index (χ2n) is 3.12. The molecule has 1 aromatic rings. The Hall–Kier alpha value is -0.610. The number of hydrogen-bond acceptors (Lipinski definition) is 3. The molecule has 14 heavy (non-hydrogen) atoms. The van der Waals surface area contributed by atoms with Gasteiger partial charge in [-0.1, -0.05) is 0 Å². The molecule has 0 unspecified atom stereocenters. The fourth-order valence-corrected chi connectivity index (χ4v) is 1.69. The number of aryl methyl sites for hydroxylation is 1. The van der Waals surface area contributed by atoms with Gasteiger partial charge < -0.3 is 10.1 Å². The number of rotatable bonds is 5. The van der Waals surface area contributed by atoms with Crippen LogP contribution in [0.25, 0.3) is 0 Å². The van der Waals surface area contributed by atoms with Crippen molar-refractivity contribution in [3.05, 3.63) is 22.3 Å². The first-order valence-corrected chi connectivity index (χ1v) is 5.38. The van der Waals surface area contributed by atoms with E-state index in [9.17, 15) is 0 Å². The molecule has 0 spiro atoms. The van der Waals surface area contributed by atoms with Crippen LogP contribution in [0, 0.1) is 6.92 Å². The van der Waals surface area contributed by atoms with E-state index in [1.165, 1.54) is 0 Å². The van der Waals surface area contributed by atoms with Crippen LogP contribution in [0.5, 0.6) is 0 Å². The van der Waals surface area contributed by atoms with Crippen molar-refractivity contribution in [1.82, 2.24) is 4.98 Å². The zero-order valence-corrected chi connectivity index (χ0v) is 10.1. The summed E-state index contributed by atoms with van der Waals surface area (Å²) in [7, 11) is 1.71. The lowest BCUT2D eigenvalue weighted by molar-refractivity contribution is 0.197. The summed E-state index contributed by atoms with van der Waals surface area (Å²) in [6, 6.07) is 2.05. The van der Waals surface area contributed by atoms with Gasteiger partial charge in [0.2, 0.25) is 0 Å². The highest BCUT2D eigenvalue weighted by Gasteiger charge is 1.99. The number of methoxy groups -OCH3 is 1. The zero-order chi connectivity index (χ0) is 10.4. The van der Waals surface area contributed by atoms with E-state index in [0.717, 1.165) is 35.4 Å². The Balaban J connectivity index is 2.42. The van der Waals surface area contributed by atoms with E-state index >= 15 is 0 Å². The standard InChI is InChI=1S/C10H15BrN2O/c1-8-6-9(11)10(13-7-8)12-4-3-5-14-2/h6-7H,3-5H2,1-2H3,(H,12,13). The van der Waals surface area contributed by atoms with Crippen molar-refractivity contribution in [3.8, 4) is 0 Å². The van der Waals surface area contributed by atoms with Crippen molar-refractivity contribution >= 4 is 21.7 Å². The summed E-state index contributed by atoms with van der Waals surface area (Å²) >= 11 is 3.46. The van der Waals surface area contributed by atoms with Gasteiger partial charge in [0.25, 0.3) is 0 Å². The molecule has 0 saturated heterocycles. The molecular weight excluding hydrogens is 244 g/mol. The molecule has 0 aliphatic rings. The van der Waals surface area contributed by atoms with Crippen LogP contribution in [0.1, 0.15) is 12.0 Å². The maximum atomic E-state index is 4.96. The van der Waals surface area contributed by atoms with E-state index < -0.39 is 0 Å². The van der Waals surface area contributed by atoms with Gasteiger partial charge >= 0.3 is 0 Å². The predicted molar refractivity (Wildman–Crippen MR) is 61.7 cm³/mol. The van der Waals surface area contributed by atoms with Crippen molar-refractivity contribution < 1.29 is 4.74 Å². The molecule has 4 heteroatoms. The third-order valence-corrected chi connectivity index (χ3v) is 2.40. The molecular formula is C10H15BrN2O. The Bertz CT molecular complexity index is 291. The molecule has 0 radical (unpaired) electrons. The third-order valence-electron chi connectivity index (χ3n) is 1.80. The summed E-state index contributed by atoms with van der Waals surface area (Å²) in [6.45, 7) is 3.67. The fourth-order valence-electron chi connectivity index (χ4n) is 1.09. The van der Waals surface area contributed by atoms with Gasteiger partial charge in [-0.15, -0.1) is 0 Å². The lowest BCUT2D eigenvalue weighted by Crippen LogP contribution is -2.06. The Morgan fingerprint density at radius 2 is 2.36 bits per heavy atom. The molecule has 1 N–H and O–H groups in total. The van der Waals surface area contributed by atoms with Crippen LogP contribution in [-0.4, -0.2) is 25.2 Å². The van der Waals surface area contributed by atoms with Crippen molar-refractivity contribution in [2.24, 2.45) is 0 Å². The number of ether oxygens (including phenoxy) is 1. The second kappa shape index (κ2) is 5.98. The van der Waals surface area contributed by atoms with Crippen molar-refractivity contribution in [1.29, 1.82) is 0 Å². The number of hydrogen-bond donors (Lipinski definition) is 1. The van der Waals surface area contributed by atoms with Crippen LogP contribution < -0.4 is 5.32 Å². The minimum absolute atomic E-state index is 0.774. The Morgan fingerprint density at radius 1 is 1.57 bits per heavy atom. The molecule has 0 amide bonds. The van der Waals surface area contributed by atoms with Crippen molar-refractivity contribution in [3.63, 3.8) is 0 Å². The van der Waals surface area contributed by atoms with Gasteiger partial charge in [0, 0.05) is 26.5 Å². The van der Waals surface area contributed by atoms with Gasteiger partial charge in [0.05, 0.1) is 4.47 Å². The first-order valence-electron chi connectivity index (χ1n) is 4.59. The SMILES string of the molecule is COCCCNc1ncc(C)cc1Br. The Morgan fingerprint density at radius 3 is 3.00 bits per heavy atom. The lowest BCUT2D eigenvalue weighted by Gasteiger charge is -2.07. The molecule has 0 atom stereocenters. The third kappa shape index (κ3) is 3.64. The van der Waals surface area contributed by atoms with Gasteiger partial charge in [0.15, 0.2) is 0 Å². The molecule has 0 bridgehead atoms. The van der Waals surface area contributed by atoms with Gasteiger partial charge in [-0.2, -0.15) is 0 Å². The summed E-state index contributed by atoms with van der Waals surface area (Å²) in [6.07, 6.45) is 2.84. The molecule has 0 aliphatic carbocycles. The highest BCUT2D eigenvalue weighted by atomic mass is 79.9. The lowest BCUT2D eigenvalue weighted by atomic mass is 10.3. The maximum absolute atomic E-state index is 4.96. The maximum Gasteiger partial charge on any atom is 0.140 e. The van der Waals surface area contributed by atoms with E-state index in [-0.39, 0.29) is 0 Å². The van der Waals surface area contributed by atoms with Gasteiger partial charge in [-0.3, -0.25) is 0 Å². The molecule has 78 valence electrons. The van der Waals surface area contributed by atoms with Gasteiger partial charge in [0.1, 0.15) is 5.82 Å². The minimum Gasteiger partial charge on any atom is -0.385 e. The smallest absolute Gasteiger partial charge is 0.140 e. The number of pyridine rings is 1. The Labute approximate surface area is 93.0 Å². The zero-order valence-electron chi connectivity index (χ0n) is 8.51. The molecule has 1 heterocycles. The van der Waals surface area contributed by atoms with E-state index in [4.69, 9.17) is 4.74 Å². The molecule has 0 fully saturated rings. The number of halogens is 1. The molecule has 0 saturated carbocycles. The van der Waals surface area contributed by atoms with Crippen LogP contribution in [0.4, 0.5) is 5.82 Å². The normalized spacial score (nSPS) is 10.2. The average Bonchev–Trinajstić information content (AvgIpc) is 2.15. The number of aromatic nitrogens is 1. The summed E-state index contributed by atoms with van der Waals surface area (Å²) in [5.41, 5.74) is 1.15. The number of nitrogens with one attached hydrogen (secondary N) is 1. The van der Waals surface area contributed by atoms with Crippen molar-refractivity contribution in [2.45, 2.75) is 13.3 Å². The monoisotopic (exact) mass is 258 g/mol. The molecule has 0 aliphatic heterocycles. The first-order chi connectivity index (χ1) is 6.74. The molecule has 1 rings (SSSR count). The van der Waals surface area contributed by atoms with E-state index in [0.29, 0.717) is 0 Å². The first kappa shape index (κ1) is 11.5. The molecule has 3 nitrogen and oxygen atoms in total. The summed E-state index contributed by atoms with van der Waals surface area (Å²) in [5, 5.41) is 3.24. The largest absolute Gasteiger partial charge is 0.385 e. The fraction of sp³-hybridized carbons (Fsp3) is 0.500. The van der Waals surface area contributed by atoms with E-state index in [2.05, 4.69) is 26.2 Å². The molecule has 0 aromatic carbocycles. The number of anilines is 1. The van der Waals surface area contributed by atoms with Crippen LogP contribution in [0.15, 0.2) is 16.7 Å². The number of nitrogens with zero attached hydrogens (tertiary/aromatic N) is 1. The minimum atomic E-state index is 0.774. The van der Waals surface area contributed by atoms with Crippen LogP contribution in [0.2, 0.25) is 0 Å². The summed E-state index contributed by atoms with van der Waals surface area (Å²) < 4.78 is 5.97. The summed E-state index contributed by atoms with van der Waals surface area (Å²) in [5.74, 6) is 0.895. The van der Waals surface area contributed by atoms with E-state index in [1.54, 1.807) is 7.11 Å². The topological polar surface area (TPSA) is 34.1 Å². The highest BCUT2D eigenvalue weighted by molar-refractivity contribution is 9.10. The Kier molecular flexibility index (Phi) is 4.90. The quantitative estimate of drug-likeness (QED) is 0.825. The van der Waals surface area contributed by atoms with Crippen LogP contribution in [0.3, 0.4) is 0 Å². The highest BCUT2D eigenvalue weighted by Crippen LogP contribution is 2.20. The van der Waals surface area contributed by atoms with Gasteiger partial charge in [-0.05, 0) is 40.9 Å². The van der Waals surface area contributed by atoms with E-state index in [1.807, 2.05) is 19.2 Å².